The predicted molar refractivity (Wildman–Crippen MR) is 86.2 cm³/mol. The molecule has 0 bridgehead atoms. The number of nitrogens with zero attached hydrogens (tertiary/aromatic N) is 2. The first-order valence-corrected chi connectivity index (χ1v) is 10.5. The van der Waals surface area contributed by atoms with E-state index < -0.39 is 9.84 Å². The lowest BCUT2D eigenvalue weighted by molar-refractivity contribution is -0.0319. The van der Waals surface area contributed by atoms with Crippen LogP contribution in [0.1, 0.15) is 46.0 Å². The maximum atomic E-state index is 11.7. The van der Waals surface area contributed by atoms with Crippen molar-refractivity contribution in [1.82, 2.24) is 9.80 Å². The summed E-state index contributed by atoms with van der Waals surface area (Å²) < 4.78 is 23.4. The summed E-state index contributed by atoms with van der Waals surface area (Å²) in [4.78, 5) is 5.38. The number of rotatable bonds is 2. The van der Waals surface area contributed by atoms with E-state index in [4.69, 9.17) is 0 Å². The third-order valence-corrected chi connectivity index (χ3v) is 7.50. The molecule has 0 aromatic rings. The van der Waals surface area contributed by atoms with Crippen molar-refractivity contribution >= 4 is 9.84 Å². The van der Waals surface area contributed by atoms with Gasteiger partial charge in [0.1, 0.15) is 9.84 Å². The molecule has 3 aliphatic rings. The van der Waals surface area contributed by atoms with Gasteiger partial charge >= 0.3 is 0 Å². The summed E-state index contributed by atoms with van der Waals surface area (Å²) in [6, 6.07) is 1.81. The minimum atomic E-state index is -2.75. The highest BCUT2D eigenvalue weighted by Crippen LogP contribution is 2.31. The second-order valence-corrected chi connectivity index (χ2v) is 9.84. The fraction of sp³-hybridized carbons (Fsp3) is 1.00. The lowest BCUT2D eigenvalue weighted by Gasteiger charge is -2.52. The zero-order chi connectivity index (χ0) is 15.0. The molecular weight excluding hydrogens is 284 g/mol. The van der Waals surface area contributed by atoms with E-state index in [9.17, 15) is 8.42 Å². The molecule has 3 rings (SSSR count). The van der Waals surface area contributed by atoms with Gasteiger partial charge in [0.15, 0.2) is 0 Å². The molecule has 3 saturated heterocycles. The van der Waals surface area contributed by atoms with Crippen molar-refractivity contribution in [1.29, 1.82) is 0 Å². The van der Waals surface area contributed by atoms with Gasteiger partial charge in [-0.05, 0) is 38.1 Å². The third-order valence-electron chi connectivity index (χ3n) is 5.78. The molecule has 3 aliphatic heterocycles. The summed E-state index contributed by atoms with van der Waals surface area (Å²) in [6.07, 6.45) is 5.73. The molecule has 5 heteroatoms. The van der Waals surface area contributed by atoms with Crippen LogP contribution in [0, 0.1) is 5.92 Å². The van der Waals surface area contributed by atoms with Crippen LogP contribution in [0.3, 0.4) is 0 Å². The molecule has 3 heterocycles. The van der Waals surface area contributed by atoms with Crippen LogP contribution in [0.5, 0.6) is 0 Å². The van der Waals surface area contributed by atoms with Crippen LogP contribution < -0.4 is 0 Å². The summed E-state index contributed by atoms with van der Waals surface area (Å²) in [5, 5.41) is 0. The molecule has 3 fully saturated rings. The van der Waals surface area contributed by atoms with Crippen LogP contribution in [0.2, 0.25) is 0 Å². The molecule has 0 spiro atoms. The first-order chi connectivity index (χ1) is 9.96. The largest absolute Gasteiger partial charge is 0.298 e. The normalized spacial score (nSPS) is 35.8. The first kappa shape index (κ1) is 15.8. The zero-order valence-corrected chi connectivity index (χ0v) is 14.3. The number of piperazine rings is 1. The standard InChI is InChI=1S/C16H30N2O2S/c1-13(2)16-12-17-8-4-3-5-15(17)11-18(16)14-6-9-21(19,20)10-7-14/h13-16H,3-12H2,1-2H3. The van der Waals surface area contributed by atoms with Crippen molar-refractivity contribution in [3.63, 3.8) is 0 Å². The van der Waals surface area contributed by atoms with E-state index in [1.165, 1.54) is 32.4 Å². The van der Waals surface area contributed by atoms with E-state index >= 15 is 0 Å². The second-order valence-electron chi connectivity index (χ2n) is 7.54. The number of sulfone groups is 1. The smallest absolute Gasteiger partial charge is 0.150 e. The van der Waals surface area contributed by atoms with Crippen molar-refractivity contribution in [2.24, 2.45) is 5.92 Å². The predicted octanol–water partition coefficient (Wildman–Crippen LogP) is 1.76. The Labute approximate surface area is 129 Å². The Morgan fingerprint density at radius 2 is 1.67 bits per heavy atom. The van der Waals surface area contributed by atoms with Crippen molar-refractivity contribution in [3.8, 4) is 0 Å². The average molecular weight is 314 g/mol. The summed E-state index contributed by atoms with van der Waals surface area (Å²) in [5.74, 6) is 1.44. The van der Waals surface area contributed by atoms with E-state index in [2.05, 4.69) is 23.6 Å². The summed E-state index contributed by atoms with van der Waals surface area (Å²) in [6.45, 7) is 8.25. The fourth-order valence-electron chi connectivity index (χ4n) is 4.45. The van der Waals surface area contributed by atoms with Crippen LogP contribution in [-0.2, 0) is 9.84 Å². The molecular formula is C16H30N2O2S. The van der Waals surface area contributed by atoms with Crippen LogP contribution >= 0.6 is 0 Å². The van der Waals surface area contributed by atoms with Crippen molar-refractivity contribution < 1.29 is 8.42 Å². The third kappa shape index (κ3) is 3.45. The SMILES string of the molecule is CC(C)C1CN2CCCCC2CN1C1CCS(=O)(=O)CC1. The number of hydrogen-bond donors (Lipinski definition) is 0. The molecule has 0 N–H and O–H groups in total. The Hall–Kier alpha value is -0.130. The van der Waals surface area contributed by atoms with Crippen LogP contribution in [0.25, 0.3) is 0 Å². The Kier molecular flexibility index (Phi) is 4.63. The van der Waals surface area contributed by atoms with Crippen molar-refractivity contribution in [2.75, 3.05) is 31.1 Å². The Balaban J connectivity index is 1.72. The molecule has 0 aromatic heterocycles. The second kappa shape index (κ2) is 6.17. The van der Waals surface area contributed by atoms with Gasteiger partial charge in [-0.25, -0.2) is 8.42 Å². The summed E-state index contributed by atoms with van der Waals surface area (Å²) in [7, 11) is -2.75. The maximum Gasteiger partial charge on any atom is 0.150 e. The maximum absolute atomic E-state index is 11.7. The fourth-order valence-corrected chi connectivity index (χ4v) is 5.92. The van der Waals surface area contributed by atoms with E-state index in [0.717, 1.165) is 19.4 Å². The van der Waals surface area contributed by atoms with Gasteiger partial charge in [-0.1, -0.05) is 20.3 Å². The average Bonchev–Trinajstić information content (AvgIpc) is 2.46. The highest BCUT2D eigenvalue weighted by Gasteiger charge is 2.40. The van der Waals surface area contributed by atoms with Gasteiger partial charge in [0, 0.05) is 31.2 Å². The van der Waals surface area contributed by atoms with E-state index in [-0.39, 0.29) is 0 Å². The molecule has 2 atom stereocenters. The topological polar surface area (TPSA) is 40.6 Å². The van der Waals surface area contributed by atoms with E-state index in [0.29, 0.717) is 35.5 Å². The van der Waals surface area contributed by atoms with Gasteiger partial charge in [0.05, 0.1) is 11.5 Å². The van der Waals surface area contributed by atoms with Gasteiger partial charge in [-0.15, -0.1) is 0 Å². The molecule has 0 amide bonds. The lowest BCUT2D eigenvalue weighted by atomic mass is 9.90. The molecule has 2 unspecified atom stereocenters. The van der Waals surface area contributed by atoms with Crippen molar-refractivity contribution in [2.45, 2.75) is 64.1 Å². The molecule has 0 saturated carbocycles. The Morgan fingerprint density at radius 1 is 0.952 bits per heavy atom. The van der Waals surface area contributed by atoms with Gasteiger partial charge < -0.3 is 0 Å². The number of hydrogen-bond acceptors (Lipinski definition) is 4. The van der Waals surface area contributed by atoms with Gasteiger partial charge in [0.2, 0.25) is 0 Å². The lowest BCUT2D eigenvalue weighted by Crippen LogP contribution is -2.63. The number of fused-ring (bicyclic) bond motifs is 1. The summed E-state index contributed by atoms with van der Waals surface area (Å²) >= 11 is 0. The monoisotopic (exact) mass is 314 g/mol. The van der Waals surface area contributed by atoms with Crippen molar-refractivity contribution in [3.05, 3.63) is 0 Å². The Bertz CT molecular complexity index is 449. The van der Waals surface area contributed by atoms with Gasteiger partial charge in [-0.3, -0.25) is 9.80 Å². The molecule has 0 radical (unpaired) electrons. The minimum Gasteiger partial charge on any atom is -0.298 e. The van der Waals surface area contributed by atoms with Crippen LogP contribution in [-0.4, -0.2) is 67.5 Å². The van der Waals surface area contributed by atoms with Crippen LogP contribution in [0.4, 0.5) is 0 Å². The first-order valence-electron chi connectivity index (χ1n) is 8.66. The quantitative estimate of drug-likeness (QED) is 0.779. The Morgan fingerprint density at radius 3 is 2.33 bits per heavy atom. The molecule has 0 aromatic carbocycles. The highest BCUT2D eigenvalue weighted by molar-refractivity contribution is 7.91. The van der Waals surface area contributed by atoms with E-state index in [1.807, 2.05) is 0 Å². The molecule has 4 nitrogen and oxygen atoms in total. The summed E-state index contributed by atoms with van der Waals surface area (Å²) in [5.41, 5.74) is 0. The van der Waals surface area contributed by atoms with Gasteiger partial charge in [-0.2, -0.15) is 0 Å². The van der Waals surface area contributed by atoms with E-state index in [1.54, 1.807) is 0 Å². The zero-order valence-electron chi connectivity index (χ0n) is 13.5. The molecule has 122 valence electrons. The number of piperidine rings is 1. The molecule has 0 aliphatic carbocycles. The molecule has 21 heavy (non-hydrogen) atoms. The minimum absolute atomic E-state index is 0.396. The highest BCUT2D eigenvalue weighted by atomic mass is 32.2. The van der Waals surface area contributed by atoms with Crippen LogP contribution in [0.15, 0.2) is 0 Å². The van der Waals surface area contributed by atoms with Gasteiger partial charge in [0.25, 0.3) is 0 Å².